The first-order valence-corrected chi connectivity index (χ1v) is 10.5. The van der Waals surface area contributed by atoms with E-state index in [1.807, 2.05) is 31.2 Å². The van der Waals surface area contributed by atoms with Crippen LogP contribution in [0.2, 0.25) is 10.0 Å². The Morgan fingerprint density at radius 2 is 1.75 bits per heavy atom. The fraction of sp³-hybridized carbons (Fsp3) is 0.455. The maximum absolute atomic E-state index is 6.24. The fourth-order valence-electron chi connectivity index (χ4n) is 3.25. The van der Waals surface area contributed by atoms with Crippen LogP contribution in [0.4, 0.5) is 0 Å². The summed E-state index contributed by atoms with van der Waals surface area (Å²) in [4.78, 5) is 2.46. The zero-order valence-corrected chi connectivity index (χ0v) is 17.8. The van der Waals surface area contributed by atoms with Crippen LogP contribution in [0.15, 0.2) is 36.4 Å². The molecule has 152 valence electrons. The summed E-state index contributed by atoms with van der Waals surface area (Å²) >= 11 is 12.5. The van der Waals surface area contributed by atoms with E-state index < -0.39 is 0 Å². The lowest BCUT2D eigenvalue weighted by Crippen LogP contribution is -2.36. The molecule has 6 heteroatoms. The van der Waals surface area contributed by atoms with Gasteiger partial charge in [0, 0.05) is 28.7 Å². The third-order valence-corrected chi connectivity index (χ3v) is 5.49. The van der Waals surface area contributed by atoms with Gasteiger partial charge in [0.05, 0.1) is 19.8 Å². The second kappa shape index (κ2) is 10.9. The summed E-state index contributed by atoms with van der Waals surface area (Å²) in [5, 5.41) is 1.20. The van der Waals surface area contributed by atoms with Crippen LogP contribution < -0.4 is 9.47 Å². The van der Waals surface area contributed by atoms with E-state index in [4.69, 9.17) is 37.4 Å². The zero-order valence-electron chi connectivity index (χ0n) is 16.3. The molecule has 3 rings (SSSR count). The van der Waals surface area contributed by atoms with Crippen molar-refractivity contribution in [3.8, 4) is 11.5 Å². The van der Waals surface area contributed by atoms with Crippen molar-refractivity contribution in [1.29, 1.82) is 0 Å². The predicted molar refractivity (Wildman–Crippen MR) is 114 cm³/mol. The minimum Gasteiger partial charge on any atom is -0.490 e. The van der Waals surface area contributed by atoms with Gasteiger partial charge in [-0.1, -0.05) is 35.3 Å². The zero-order chi connectivity index (χ0) is 19.8. The minimum atomic E-state index is 0.301. The van der Waals surface area contributed by atoms with Crippen molar-refractivity contribution >= 4 is 23.2 Å². The molecule has 2 aromatic rings. The molecule has 1 aliphatic rings. The first-order valence-electron chi connectivity index (χ1n) is 9.79. The van der Waals surface area contributed by atoms with E-state index in [2.05, 4.69) is 17.0 Å². The van der Waals surface area contributed by atoms with Crippen LogP contribution >= 0.6 is 23.2 Å². The van der Waals surface area contributed by atoms with Gasteiger partial charge < -0.3 is 14.2 Å². The Bertz CT molecular complexity index is 743. The Hall–Kier alpha value is -1.46. The molecule has 0 amide bonds. The lowest BCUT2D eigenvalue weighted by atomic mass is 10.1. The highest BCUT2D eigenvalue weighted by molar-refractivity contribution is 6.35. The SMILES string of the molecule is CCOc1cc(CCCN2CCOCC2)ccc1OCc1c(Cl)cccc1Cl. The van der Waals surface area contributed by atoms with Crippen molar-refractivity contribution < 1.29 is 14.2 Å². The van der Waals surface area contributed by atoms with Crippen LogP contribution in [0.3, 0.4) is 0 Å². The summed E-state index contributed by atoms with van der Waals surface area (Å²) in [6, 6.07) is 11.6. The number of hydrogen-bond acceptors (Lipinski definition) is 4. The van der Waals surface area contributed by atoms with Gasteiger partial charge in [0.2, 0.25) is 0 Å². The van der Waals surface area contributed by atoms with Crippen LogP contribution in [0.1, 0.15) is 24.5 Å². The average molecular weight is 424 g/mol. The number of halogens is 2. The van der Waals surface area contributed by atoms with Crippen LogP contribution in [0.5, 0.6) is 11.5 Å². The molecule has 0 radical (unpaired) electrons. The topological polar surface area (TPSA) is 30.9 Å². The smallest absolute Gasteiger partial charge is 0.161 e. The molecule has 1 saturated heterocycles. The van der Waals surface area contributed by atoms with E-state index >= 15 is 0 Å². The average Bonchev–Trinajstić information content (AvgIpc) is 2.70. The first kappa shape index (κ1) is 21.3. The van der Waals surface area contributed by atoms with Gasteiger partial charge in [-0.05, 0) is 56.1 Å². The Morgan fingerprint density at radius 3 is 2.46 bits per heavy atom. The molecule has 0 saturated carbocycles. The Labute approximate surface area is 177 Å². The molecule has 4 nitrogen and oxygen atoms in total. The van der Waals surface area contributed by atoms with Crippen molar-refractivity contribution in [2.24, 2.45) is 0 Å². The maximum Gasteiger partial charge on any atom is 0.161 e. The van der Waals surface area contributed by atoms with E-state index in [-0.39, 0.29) is 0 Å². The molecular formula is C22H27Cl2NO3. The number of ether oxygens (including phenoxy) is 3. The quantitative estimate of drug-likeness (QED) is 0.551. The minimum absolute atomic E-state index is 0.301. The molecule has 1 fully saturated rings. The van der Waals surface area contributed by atoms with Gasteiger partial charge in [-0.15, -0.1) is 0 Å². The third-order valence-electron chi connectivity index (χ3n) is 4.79. The van der Waals surface area contributed by atoms with Crippen molar-refractivity contribution in [3.63, 3.8) is 0 Å². The van der Waals surface area contributed by atoms with E-state index in [1.165, 1.54) is 5.56 Å². The summed E-state index contributed by atoms with van der Waals surface area (Å²) in [6.45, 7) is 7.70. The third kappa shape index (κ3) is 6.02. The Kier molecular flexibility index (Phi) is 8.28. The molecular weight excluding hydrogens is 397 g/mol. The highest BCUT2D eigenvalue weighted by Crippen LogP contribution is 2.32. The van der Waals surface area contributed by atoms with Gasteiger partial charge in [-0.25, -0.2) is 0 Å². The van der Waals surface area contributed by atoms with Gasteiger partial charge in [0.1, 0.15) is 6.61 Å². The molecule has 0 N–H and O–H groups in total. The molecule has 1 heterocycles. The standard InChI is InChI=1S/C22H27Cl2NO3/c1-2-27-22-15-17(5-4-10-25-11-13-26-14-12-25)8-9-21(22)28-16-18-19(23)6-3-7-20(18)24/h3,6-9,15H,2,4-5,10-14,16H2,1H3. The normalized spacial score (nSPS) is 14.8. The number of morpholine rings is 1. The van der Waals surface area contributed by atoms with E-state index in [1.54, 1.807) is 0 Å². The Morgan fingerprint density at radius 1 is 1.00 bits per heavy atom. The number of benzene rings is 2. The van der Waals surface area contributed by atoms with Crippen LogP contribution in [0.25, 0.3) is 0 Å². The van der Waals surface area contributed by atoms with Crippen LogP contribution in [0, 0.1) is 0 Å². The molecule has 0 atom stereocenters. The van der Waals surface area contributed by atoms with Gasteiger partial charge >= 0.3 is 0 Å². The summed E-state index contributed by atoms with van der Waals surface area (Å²) in [6.07, 6.45) is 2.12. The van der Waals surface area contributed by atoms with E-state index in [0.717, 1.165) is 57.0 Å². The second-order valence-electron chi connectivity index (χ2n) is 6.76. The Balaban J connectivity index is 1.60. The molecule has 0 aliphatic carbocycles. The van der Waals surface area contributed by atoms with Gasteiger partial charge in [0.15, 0.2) is 11.5 Å². The maximum atomic E-state index is 6.24. The summed E-state index contributed by atoms with van der Waals surface area (Å²) in [5.41, 5.74) is 2.03. The van der Waals surface area contributed by atoms with Crippen LogP contribution in [-0.2, 0) is 17.8 Å². The molecule has 1 aliphatic heterocycles. The molecule has 0 aromatic heterocycles. The van der Waals surface area contributed by atoms with E-state index in [9.17, 15) is 0 Å². The first-order chi connectivity index (χ1) is 13.7. The lowest BCUT2D eigenvalue weighted by Gasteiger charge is -2.26. The highest BCUT2D eigenvalue weighted by Gasteiger charge is 2.12. The van der Waals surface area contributed by atoms with E-state index in [0.29, 0.717) is 29.0 Å². The van der Waals surface area contributed by atoms with Gasteiger partial charge in [-0.2, -0.15) is 0 Å². The predicted octanol–water partition coefficient (Wildman–Crippen LogP) is 5.24. The largest absolute Gasteiger partial charge is 0.490 e. The molecule has 0 spiro atoms. The molecule has 0 unspecified atom stereocenters. The molecule has 2 aromatic carbocycles. The van der Waals surface area contributed by atoms with Crippen LogP contribution in [-0.4, -0.2) is 44.4 Å². The van der Waals surface area contributed by atoms with Gasteiger partial charge in [0.25, 0.3) is 0 Å². The number of aryl methyl sites for hydroxylation is 1. The summed E-state index contributed by atoms with van der Waals surface area (Å²) in [7, 11) is 0. The fourth-order valence-corrected chi connectivity index (χ4v) is 3.75. The van der Waals surface area contributed by atoms with Crippen molar-refractivity contribution in [2.45, 2.75) is 26.4 Å². The van der Waals surface area contributed by atoms with Gasteiger partial charge in [-0.3, -0.25) is 4.90 Å². The van der Waals surface area contributed by atoms with Crippen molar-refractivity contribution in [1.82, 2.24) is 4.90 Å². The number of hydrogen-bond donors (Lipinski definition) is 0. The van der Waals surface area contributed by atoms with Crippen molar-refractivity contribution in [3.05, 3.63) is 57.6 Å². The van der Waals surface area contributed by atoms with Crippen molar-refractivity contribution in [2.75, 3.05) is 39.5 Å². The lowest BCUT2D eigenvalue weighted by molar-refractivity contribution is 0.0374. The second-order valence-corrected chi connectivity index (χ2v) is 7.57. The summed E-state index contributed by atoms with van der Waals surface area (Å²) < 4.78 is 17.2. The highest BCUT2D eigenvalue weighted by atomic mass is 35.5. The monoisotopic (exact) mass is 423 g/mol. The molecule has 0 bridgehead atoms. The number of nitrogens with zero attached hydrogens (tertiary/aromatic N) is 1. The molecule has 28 heavy (non-hydrogen) atoms. The summed E-state index contributed by atoms with van der Waals surface area (Å²) in [5.74, 6) is 1.46. The number of rotatable bonds is 9.